The van der Waals surface area contributed by atoms with Crippen LogP contribution < -0.4 is 16.0 Å². The Morgan fingerprint density at radius 3 is 2.76 bits per heavy atom. The molecule has 1 aliphatic heterocycles. The Labute approximate surface area is 171 Å². The number of anilines is 1. The summed E-state index contributed by atoms with van der Waals surface area (Å²) in [6, 6.07) is 3.65. The molecule has 0 atom stereocenters. The minimum atomic E-state index is 0.0260. The number of amidine groups is 1. The van der Waals surface area contributed by atoms with E-state index in [4.69, 9.17) is 10.8 Å². The van der Waals surface area contributed by atoms with E-state index in [0.717, 1.165) is 30.2 Å². The highest BCUT2D eigenvalue weighted by atomic mass is 16.2. The molecular weight excluding hydrogens is 366 g/mol. The van der Waals surface area contributed by atoms with Gasteiger partial charge in [-0.3, -0.25) is 15.2 Å². The molecule has 1 fully saturated rings. The van der Waals surface area contributed by atoms with Crippen molar-refractivity contribution >= 4 is 29.2 Å². The first-order valence-electron chi connectivity index (χ1n) is 9.93. The monoisotopic (exact) mass is 395 g/mol. The van der Waals surface area contributed by atoms with E-state index in [2.05, 4.69) is 20.9 Å². The molecule has 8 nitrogen and oxygen atoms in total. The van der Waals surface area contributed by atoms with Gasteiger partial charge in [-0.25, -0.2) is 0 Å². The van der Waals surface area contributed by atoms with Crippen LogP contribution in [0.2, 0.25) is 0 Å². The van der Waals surface area contributed by atoms with Gasteiger partial charge in [-0.05, 0) is 30.9 Å². The number of carbonyl (C=O) groups is 1. The third kappa shape index (κ3) is 5.43. The van der Waals surface area contributed by atoms with Crippen molar-refractivity contribution in [3.8, 4) is 0 Å². The van der Waals surface area contributed by atoms with Gasteiger partial charge in [0.2, 0.25) is 5.91 Å². The summed E-state index contributed by atoms with van der Waals surface area (Å²) in [4.78, 5) is 18.0. The average Bonchev–Trinajstić information content (AvgIpc) is 3.55. The highest BCUT2D eigenvalue weighted by molar-refractivity contribution is 6.08. The molecule has 0 spiro atoms. The van der Waals surface area contributed by atoms with Gasteiger partial charge in [0.25, 0.3) is 0 Å². The molecule has 29 heavy (non-hydrogen) atoms. The molecule has 0 saturated heterocycles. The van der Waals surface area contributed by atoms with E-state index in [1.54, 1.807) is 31.3 Å². The molecule has 1 amide bonds. The van der Waals surface area contributed by atoms with Crippen LogP contribution in [0.3, 0.4) is 0 Å². The van der Waals surface area contributed by atoms with Crippen LogP contribution in [0, 0.1) is 16.7 Å². The van der Waals surface area contributed by atoms with Gasteiger partial charge in [0.15, 0.2) is 0 Å². The smallest absolute Gasteiger partial charge is 0.219 e. The zero-order valence-corrected chi connectivity index (χ0v) is 17.0. The Morgan fingerprint density at radius 1 is 1.38 bits per heavy atom. The second-order valence-electron chi connectivity index (χ2n) is 7.44. The van der Waals surface area contributed by atoms with Gasteiger partial charge >= 0.3 is 0 Å². The van der Waals surface area contributed by atoms with E-state index in [1.165, 1.54) is 19.1 Å². The molecule has 1 aromatic heterocycles. The predicted octanol–water partition coefficient (Wildman–Crippen LogP) is 2.19. The number of rotatable bonds is 8. The molecule has 1 aromatic rings. The third-order valence-corrected chi connectivity index (χ3v) is 5.18. The molecule has 154 valence electrons. The molecule has 0 unspecified atom stereocenters. The minimum Gasteiger partial charge on any atom is -0.393 e. The van der Waals surface area contributed by atoms with E-state index < -0.39 is 0 Å². The number of hydrogen-bond acceptors (Lipinski definition) is 6. The molecule has 1 aliphatic carbocycles. The van der Waals surface area contributed by atoms with Crippen LogP contribution in [0.15, 0.2) is 35.8 Å². The largest absolute Gasteiger partial charge is 0.393 e. The summed E-state index contributed by atoms with van der Waals surface area (Å²) in [6.07, 6.45) is 7.88. The fourth-order valence-electron chi connectivity index (χ4n) is 3.25. The molecule has 2 heterocycles. The van der Waals surface area contributed by atoms with Crippen LogP contribution in [0.25, 0.3) is 5.57 Å². The molecule has 1 saturated carbocycles. The standard InChI is InChI=1S/C21H29N7O/c1-14(29)28-8-7-20(25-10-15-3-4-15)18(13-28)21(23)27-17-5-6-19(26-12-17)16(9-22)11-24-2/h5-6,9,11-12,15,22,24-25H,3-4,7-8,10,13H2,1-2H3,(H2,23,27)/b16-11+,22-9?. The topological polar surface area (TPSA) is 117 Å². The molecule has 8 heteroatoms. The summed E-state index contributed by atoms with van der Waals surface area (Å²) in [5.41, 5.74) is 3.93. The van der Waals surface area contributed by atoms with E-state index in [-0.39, 0.29) is 11.7 Å². The lowest BCUT2D eigenvalue weighted by atomic mass is 10.0. The lowest BCUT2D eigenvalue weighted by Gasteiger charge is -2.31. The van der Waals surface area contributed by atoms with Crippen molar-refractivity contribution < 1.29 is 4.79 Å². The Bertz CT molecular complexity index is 837. The van der Waals surface area contributed by atoms with Crippen LogP contribution in [0.4, 0.5) is 5.69 Å². The maximum Gasteiger partial charge on any atom is 0.219 e. The summed E-state index contributed by atoms with van der Waals surface area (Å²) in [5, 5.41) is 25.6. The van der Waals surface area contributed by atoms with Gasteiger partial charge < -0.3 is 26.3 Å². The van der Waals surface area contributed by atoms with Gasteiger partial charge in [-0.1, -0.05) is 0 Å². The number of pyridine rings is 1. The molecule has 0 radical (unpaired) electrons. The number of hydrogen-bond donors (Lipinski definition) is 5. The van der Waals surface area contributed by atoms with Crippen molar-refractivity contribution in [1.82, 2.24) is 20.5 Å². The van der Waals surface area contributed by atoms with Crippen LogP contribution in [0.1, 0.15) is 31.9 Å². The second-order valence-corrected chi connectivity index (χ2v) is 7.44. The molecule has 5 N–H and O–H groups in total. The molecule has 2 aliphatic rings. The maximum atomic E-state index is 11.8. The Kier molecular flexibility index (Phi) is 6.64. The van der Waals surface area contributed by atoms with E-state index >= 15 is 0 Å². The molecule has 3 rings (SSSR count). The van der Waals surface area contributed by atoms with Crippen molar-refractivity contribution in [2.45, 2.75) is 26.2 Å². The van der Waals surface area contributed by atoms with Crippen molar-refractivity contribution in [2.24, 2.45) is 5.92 Å². The van der Waals surface area contributed by atoms with Crippen molar-refractivity contribution in [3.05, 3.63) is 41.5 Å². The number of nitrogens with zero attached hydrogens (tertiary/aromatic N) is 2. The average molecular weight is 396 g/mol. The zero-order chi connectivity index (χ0) is 20.8. The number of allylic oxidation sites excluding steroid dienone is 1. The Morgan fingerprint density at radius 2 is 2.17 bits per heavy atom. The zero-order valence-electron chi connectivity index (χ0n) is 17.0. The van der Waals surface area contributed by atoms with E-state index in [1.807, 2.05) is 12.1 Å². The third-order valence-electron chi connectivity index (χ3n) is 5.18. The first kappa shape index (κ1) is 20.6. The first-order valence-corrected chi connectivity index (χ1v) is 9.93. The summed E-state index contributed by atoms with van der Waals surface area (Å²) in [5.74, 6) is 1.04. The summed E-state index contributed by atoms with van der Waals surface area (Å²) in [6.45, 7) is 3.62. The lowest BCUT2D eigenvalue weighted by molar-refractivity contribution is -0.128. The second kappa shape index (κ2) is 9.36. The fraction of sp³-hybridized carbons (Fsp3) is 0.429. The van der Waals surface area contributed by atoms with Crippen LogP contribution >= 0.6 is 0 Å². The fourth-order valence-corrected chi connectivity index (χ4v) is 3.25. The van der Waals surface area contributed by atoms with Crippen molar-refractivity contribution in [3.63, 3.8) is 0 Å². The molecule has 0 aromatic carbocycles. The SMILES string of the molecule is CN/C=C(\C=N)c1ccc(NC(=N)C2=C(NCC3CC3)CCN(C(C)=O)C2)cn1. The van der Waals surface area contributed by atoms with Crippen molar-refractivity contribution in [1.29, 1.82) is 10.8 Å². The van der Waals surface area contributed by atoms with Crippen LogP contribution in [-0.2, 0) is 4.79 Å². The van der Waals surface area contributed by atoms with E-state index in [0.29, 0.717) is 30.0 Å². The number of carbonyl (C=O) groups excluding carboxylic acids is 1. The quantitative estimate of drug-likeness (QED) is 0.342. The van der Waals surface area contributed by atoms with Gasteiger partial charge in [0, 0.05) is 62.7 Å². The molecular formula is C21H29N7O. The van der Waals surface area contributed by atoms with E-state index in [9.17, 15) is 4.79 Å². The first-order chi connectivity index (χ1) is 14.0. The lowest BCUT2D eigenvalue weighted by Crippen LogP contribution is -2.41. The number of nitrogens with one attached hydrogen (secondary N) is 5. The predicted molar refractivity (Wildman–Crippen MR) is 116 cm³/mol. The summed E-state index contributed by atoms with van der Waals surface area (Å²) in [7, 11) is 1.78. The Hall–Kier alpha value is -3.16. The maximum absolute atomic E-state index is 11.8. The van der Waals surface area contributed by atoms with Crippen LogP contribution in [-0.4, -0.2) is 54.5 Å². The van der Waals surface area contributed by atoms with Crippen molar-refractivity contribution in [2.75, 3.05) is 32.0 Å². The Balaban J connectivity index is 1.73. The number of aromatic nitrogens is 1. The van der Waals surface area contributed by atoms with Gasteiger partial charge in [0.1, 0.15) is 5.84 Å². The van der Waals surface area contributed by atoms with Gasteiger partial charge in [-0.15, -0.1) is 0 Å². The number of amides is 1. The summed E-state index contributed by atoms with van der Waals surface area (Å²) < 4.78 is 0. The highest BCUT2D eigenvalue weighted by Crippen LogP contribution is 2.29. The highest BCUT2D eigenvalue weighted by Gasteiger charge is 2.26. The minimum absolute atomic E-state index is 0.0260. The summed E-state index contributed by atoms with van der Waals surface area (Å²) >= 11 is 0. The van der Waals surface area contributed by atoms with Gasteiger partial charge in [-0.2, -0.15) is 0 Å². The molecule has 0 bridgehead atoms. The normalized spacial score (nSPS) is 17.0. The van der Waals surface area contributed by atoms with Gasteiger partial charge in [0.05, 0.1) is 24.1 Å². The van der Waals surface area contributed by atoms with Crippen LogP contribution in [0.5, 0.6) is 0 Å².